The first-order valence-corrected chi connectivity index (χ1v) is 8.47. The number of hydrogen-bond acceptors (Lipinski definition) is 3. The summed E-state index contributed by atoms with van der Waals surface area (Å²) in [6.45, 7) is 2.86. The van der Waals surface area contributed by atoms with Gasteiger partial charge in [-0.05, 0) is 18.2 Å². The molecule has 24 heavy (non-hydrogen) atoms. The first kappa shape index (κ1) is 16.9. The molecule has 0 N–H and O–H groups in total. The fraction of sp³-hybridized carbons (Fsp3) is 0.333. The van der Waals surface area contributed by atoms with E-state index < -0.39 is 0 Å². The number of nitrogens with zero attached hydrogens (tertiary/aromatic N) is 1. The van der Waals surface area contributed by atoms with Gasteiger partial charge in [0.15, 0.2) is 0 Å². The van der Waals surface area contributed by atoms with Crippen molar-refractivity contribution in [1.29, 1.82) is 0 Å². The van der Waals surface area contributed by atoms with Crippen LogP contribution in [0, 0.1) is 0 Å². The Bertz CT molecular complexity index is 627. The third-order valence-electron chi connectivity index (χ3n) is 4.35. The quantitative estimate of drug-likeness (QED) is 0.726. The van der Waals surface area contributed by atoms with Gasteiger partial charge in [-0.1, -0.05) is 72.8 Å². The molecule has 1 aliphatic heterocycles. The van der Waals surface area contributed by atoms with Crippen LogP contribution in [0.15, 0.2) is 72.8 Å². The van der Waals surface area contributed by atoms with E-state index in [2.05, 4.69) is 48.4 Å². The second-order valence-corrected chi connectivity index (χ2v) is 6.20. The smallest absolute Gasteiger partial charge is 0.0938 e. The zero-order chi connectivity index (χ0) is 16.6. The standard InChI is InChI=1S/C21H25NO2/c1-22-14-8-13-21(24-16-19-11-6-3-7-12-19)20(22)17-23-15-18-9-4-2-5-10-18/h2-13,20-21H,14-17H2,1H3/t20-,21-/m0/s1. The molecule has 0 fully saturated rings. The van der Waals surface area contributed by atoms with Crippen molar-refractivity contribution < 1.29 is 9.47 Å². The molecular formula is C21H25NO2. The fourth-order valence-corrected chi connectivity index (χ4v) is 2.90. The van der Waals surface area contributed by atoms with E-state index in [0.29, 0.717) is 19.8 Å². The van der Waals surface area contributed by atoms with Crippen LogP contribution in [0.25, 0.3) is 0 Å². The van der Waals surface area contributed by atoms with E-state index >= 15 is 0 Å². The molecule has 1 heterocycles. The molecule has 0 radical (unpaired) electrons. The van der Waals surface area contributed by atoms with Crippen molar-refractivity contribution in [3.63, 3.8) is 0 Å². The van der Waals surface area contributed by atoms with E-state index in [4.69, 9.17) is 9.47 Å². The van der Waals surface area contributed by atoms with Gasteiger partial charge in [-0.3, -0.25) is 4.90 Å². The van der Waals surface area contributed by atoms with Crippen molar-refractivity contribution in [3.05, 3.63) is 83.9 Å². The van der Waals surface area contributed by atoms with E-state index in [1.807, 2.05) is 36.4 Å². The predicted molar refractivity (Wildman–Crippen MR) is 96.7 cm³/mol. The molecule has 0 spiro atoms. The molecule has 0 unspecified atom stereocenters. The summed E-state index contributed by atoms with van der Waals surface area (Å²) in [7, 11) is 2.12. The summed E-state index contributed by atoms with van der Waals surface area (Å²) in [6.07, 6.45) is 4.39. The molecule has 3 heteroatoms. The fourth-order valence-electron chi connectivity index (χ4n) is 2.90. The molecule has 126 valence electrons. The van der Waals surface area contributed by atoms with Crippen LogP contribution in [-0.2, 0) is 22.7 Å². The van der Waals surface area contributed by atoms with Gasteiger partial charge in [0.05, 0.1) is 32.0 Å². The Morgan fingerprint density at radius 2 is 1.54 bits per heavy atom. The highest BCUT2D eigenvalue weighted by Crippen LogP contribution is 2.17. The minimum atomic E-state index is 0.0553. The van der Waals surface area contributed by atoms with Gasteiger partial charge in [0.25, 0.3) is 0 Å². The molecule has 1 aliphatic rings. The summed E-state index contributed by atoms with van der Waals surface area (Å²) in [6, 6.07) is 20.8. The SMILES string of the molecule is CN1CC=C[C@H](OCc2ccccc2)[C@@H]1COCc1ccccc1. The molecule has 3 nitrogen and oxygen atoms in total. The predicted octanol–water partition coefficient (Wildman–Crippen LogP) is 3.66. The van der Waals surface area contributed by atoms with Gasteiger partial charge < -0.3 is 9.47 Å². The second-order valence-electron chi connectivity index (χ2n) is 6.20. The van der Waals surface area contributed by atoms with Crippen LogP contribution in [-0.4, -0.2) is 37.2 Å². The Labute approximate surface area is 144 Å². The molecule has 2 atom stereocenters. The largest absolute Gasteiger partial charge is 0.375 e. The normalized spacial score (nSPS) is 21.0. The van der Waals surface area contributed by atoms with Crippen molar-refractivity contribution in [2.75, 3.05) is 20.2 Å². The zero-order valence-electron chi connectivity index (χ0n) is 14.2. The minimum Gasteiger partial charge on any atom is -0.375 e. The maximum absolute atomic E-state index is 6.15. The zero-order valence-corrected chi connectivity index (χ0v) is 14.2. The molecule has 2 aromatic rings. The molecule has 0 amide bonds. The molecule has 3 rings (SSSR count). The lowest BCUT2D eigenvalue weighted by Crippen LogP contribution is -2.47. The average molecular weight is 323 g/mol. The molecule has 0 saturated carbocycles. The molecule has 0 aliphatic carbocycles. The lowest BCUT2D eigenvalue weighted by molar-refractivity contribution is -0.0322. The van der Waals surface area contributed by atoms with Crippen molar-refractivity contribution in [2.45, 2.75) is 25.4 Å². The number of hydrogen-bond donors (Lipinski definition) is 0. The van der Waals surface area contributed by atoms with E-state index in [-0.39, 0.29) is 12.1 Å². The Hall–Kier alpha value is -1.94. The van der Waals surface area contributed by atoms with Gasteiger partial charge in [0, 0.05) is 6.54 Å². The van der Waals surface area contributed by atoms with Crippen LogP contribution >= 0.6 is 0 Å². The van der Waals surface area contributed by atoms with Crippen LogP contribution in [0.1, 0.15) is 11.1 Å². The van der Waals surface area contributed by atoms with Gasteiger partial charge in [0.2, 0.25) is 0 Å². The monoisotopic (exact) mass is 323 g/mol. The Morgan fingerprint density at radius 1 is 0.917 bits per heavy atom. The summed E-state index contributed by atoms with van der Waals surface area (Å²) in [5.41, 5.74) is 2.40. The van der Waals surface area contributed by atoms with Crippen molar-refractivity contribution in [3.8, 4) is 0 Å². The Morgan fingerprint density at radius 3 is 2.21 bits per heavy atom. The number of likely N-dealkylation sites (N-methyl/N-ethyl adjacent to an activating group) is 1. The lowest BCUT2D eigenvalue weighted by Gasteiger charge is -2.35. The van der Waals surface area contributed by atoms with Gasteiger partial charge >= 0.3 is 0 Å². The van der Waals surface area contributed by atoms with Crippen molar-refractivity contribution >= 4 is 0 Å². The minimum absolute atomic E-state index is 0.0553. The van der Waals surface area contributed by atoms with Gasteiger partial charge in [-0.25, -0.2) is 0 Å². The summed E-state index contributed by atoms with van der Waals surface area (Å²) < 4.78 is 12.1. The molecule has 0 bridgehead atoms. The van der Waals surface area contributed by atoms with Crippen LogP contribution < -0.4 is 0 Å². The van der Waals surface area contributed by atoms with Crippen LogP contribution in [0.5, 0.6) is 0 Å². The summed E-state index contributed by atoms with van der Waals surface area (Å²) in [5.74, 6) is 0. The maximum Gasteiger partial charge on any atom is 0.0938 e. The summed E-state index contributed by atoms with van der Waals surface area (Å²) >= 11 is 0. The summed E-state index contributed by atoms with van der Waals surface area (Å²) in [4.78, 5) is 2.29. The maximum atomic E-state index is 6.15. The van der Waals surface area contributed by atoms with E-state index in [1.54, 1.807) is 0 Å². The second kappa shape index (κ2) is 8.78. The molecular weight excluding hydrogens is 298 g/mol. The molecule has 2 aromatic carbocycles. The first-order valence-electron chi connectivity index (χ1n) is 8.47. The van der Waals surface area contributed by atoms with Gasteiger partial charge in [0.1, 0.15) is 0 Å². The third kappa shape index (κ3) is 4.78. The number of benzene rings is 2. The highest BCUT2D eigenvalue weighted by molar-refractivity contribution is 5.14. The van der Waals surface area contributed by atoms with Crippen LogP contribution in [0.3, 0.4) is 0 Å². The van der Waals surface area contributed by atoms with E-state index in [0.717, 1.165) is 6.54 Å². The lowest BCUT2D eigenvalue weighted by atomic mass is 10.1. The van der Waals surface area contributed by atoms with E-state index in [1.165, 1.54) is 11.1 Å². The highest BCUT2D eigenvalue weighted by atomic mass is 16.5. The molecule has 0 aromatic heterocycles. The Kier molecular flexibility index (Phi) is 6.19. The topological polar surface area (TPSA) is 21.7 Å². The Balaban J connectivity index is 1.53. The number of ether oxygens (including phenoxy) is 2. The van der Waals surface area contributed by atoms with Crippen LogP contribution in [0.2, 0.25) is 0 Å². The summed E-state index contributed by atoms with van der Waals surface area (Å²) in [5, 5.41) is 0. The van der Waals surface area contributed by atoms with E-state index in [9.17, 15) is 0 Å². The molecule has 0 saturated heterocycles. The van der Waals surface area contributed by atoms with Gasteiger partial charge in [-0.15, -0.1) is 0 Å². The number of rotatable bonds is 7. The van der Waals surface area contributed by atoms with Gasteiger partial charge in [-0.2, -0.15) is 0 Å². The first-order chi connectivity index (χ1) is 11.8. The van der Waals surface area contributed by atoms with Crippen molar-refractivity contribution in [2.24, 2.45) is 0 Å². The third-order valence-corrected chi connectivity index (χ3v) is 4.35. The van der Waals surface area contributed by atoms with Crippen LogP contribution in [0.4, 0.5) is 0 Å². The van der Waals surface area contributed by atoms with Crippen molar-refractivity contribution in [1.82, 2.24) is 4.90 Å². The average Bonchev–Trinajstić information content (AvgIpc) is 2.63. The highest BCUT2D eigenvalue weighted by Gasteiger charge is 2.26.